The summed E-state index contributed by atoms with van der Waals surface area (Å²) < 4.78 is 5.29. The van der Waals surface area contributed by atoms with Crippen molar-refractivity contribution in [3.05, 3.63) is 29.8 Å². The molecule has 4 N–H and O–H groups in total. The number of hydrogen-bond acceptors (Lipinski definition) is 6. The minimum absolute atomic E-state index is 0.0838. The molecule has 19 heavy (non-hydrogen) atoms. The number of aldehydes is 1. The Labute approximate surface area is 109 Å². The fourth-order valence-corrected chi connectivity index (χ4v) is 1.30. The SMILES string of the molecule is NC(CCOc1ccc(C(C=O)=NO)cc1)C(=O)O. The quantitative estimate of drug-likeness (QED) is 0.281. The number of benzene rings is 1. The number of nitrogens with two attached hydrogens (primary N) is 1. The van der Waals surface area contributed by atoms with Crippen LogP contribution >= 0.6 is 0 Å². The van der Waals surface area contributed by atoms with E-state index in [0.29, 0.717) is 17.6 Å². The van der Waals surface area contributed by atoms with E-state index in [1.54, 1.807) is 24.3 Å². The molecule has 0 radical (unpaired) electrons. The molecule has 0 aliphatic carbocycles. The fourth-order valence-electron chi connectivity index (χ4n) is 1.30. The smallest absolute Gasteiger partial charge is 0.320 e. The van der Waals surface area contributed by atoms with Gasteiger partial charge in [-0.2, -0.15) is 0 Å². The molecule has 0 aliphatic heterocycles. The van der Waals surface area contributed by atoms with E-state index in [2.05, 4.69) is 5.16 Å². The summed E-state index contributed by atoms with van der Waals surface area (Å²) >= 11 is 0. The number of carbonyl (C=O) groups is 2. The van der Waals surface area contributed by atoms with Gasteiger partial charge in [-0.25, -0.2) is 0 Å². The second-order valence-corrected chi connectivity index (χ2v) is 3.71. The molecule has 1 rings (SSSR count). The van der Waals surface area contributed by atoms with Crippen LogP contribution in [0.15, 0.2) is 29.4 Å². The van der Waals surface area contributed by atoms with Crippen LogP contribution in [0.5, 0.6) is 5.75 Å². The van der Waals surface area contributed by atoms with E-state index in [9.17, 15) is 9.59 Å². The first-order chi connectivity index (χ1) is 9.08. The van der Waals surface area contributed by atoms with Crippen LogP contribution in [0.1, 0.15) is 12.0 Å². The molecular weight excluding hydrogens is 252 g/mol. The van der Waals surface area contributed by atoms with Crippen molar-refractivity contribution < 1.29 is 24.6 Å². The van der Waals surface area contributed by atoms with Gasteiger partial charge in [-0.1, -0.05) is 5.16 Å². The zero-order chi connectivity index (χ0) is 14.3. The van der Waals surface area contributed by atoms with E-state index < -0.39 is 12.0 Å². The van der Waals surface area contributed by atoms with Crippen molar-refractivity contribution >= 4 is 18.0 Å². The zero-order valence-corrected chi connectivity index (χ0v) is 10.0. The van der Waals surface area contributed by atoms with Gasteiger partial charge in [-0.05, 0) is 24.3 Å². The number of carboxylic acids is 1. The molecule has 0 fully saturated rings. The molecule has 7 nitrogen and oxygen atoms in total. The van der Waals surface area contributed by atoms with Crippen molar-refractivity contribution in [3.63, 3.8) is 0 Å². The summed E-state index contributed by atoms with van der Waals surface area (Å²) in [5.41, 5.74) is 5.69. The molecule has 0 saturated heterocycles. The molecule has 0 bridgehead atoms. The van der Waals surface area contributed by atoms with Gasteiger partial charge in [0.2, 0.25) is 0 Å². The monoisotopic (exact) mass is 266 g/mol. The lowest BCUT2D eigenvalue weighted by Gasteiger charge is -2.09. The lowest BCUT2D eigenvalue weighted by atomic mass is 10.1. The molecule has 7 heteroatoms. The van der Waals surface area contributed by atoms with Crippen molar-refractivity contribution in [1.82, 2.24) is 0 Å². The van der Waals surface area contributed by atoms with Crippen LogP contribution in [-0.2, 0) is 9.59 Å². The summed E-state index contributed by atoms with van der Waals surface area (Å²) in [6.45, 7) is 0.168. The Morgan fingerprint density at radius 2 is 2.05 bits per heavy atom. The van der Waals surface area contributed by atoms with Gasteiger partial charge in [-0.3, -0.25) is 9.59 Å². The first kappa shape index (κ1) is 14.7. The highest BCUT2D eigenvalue weighted by Gasteiger charge is 2.11. The van der Waals surface area contributed by atoms with Gasteiger partial charge in [-0.15, -0.1) is 0 Å². The summed E-state index contributed by atoms with van der Waals surface area (Å²) in [7, 11) is 0. The van der Waals surface area contributed by atoms with Gasteiger partial charge < -0.3 is 20.8 Å². The van der Waals surface area contributed by atoms with E-state index in [1.165, 1.54) is 0 Å². The molecule has 0 saturated carbocycles. The minimum Gasteiger partial charge on any atom is -0.494 e. The van der Waals surface area contributed by atoms with Crippen LogP contribution in [0.2, 0.25) is 0 Å². The Bertz CT molecular complexity index is 470. The Hall–Kier alpha value is -2.41. The van der Waals surface area contributed by atoms with E-state index >= 15 is 0 Å². The Balaban J connectivity index is 2.53. The Kier molecular flexibility index (Phi) is 5.49. The lowest BCUT2D eigenvalue weighted by molar-refractivity contribution is -0.138. The lowest BCUT2D eigenvalue weighted by Crippen LogP contribution is -2.31. The number of aliphatic carboxylic acids is 1. The third-order valence-corrected chi connectivity index (χ3v) is 2.38. The van der Waals surface area contributed by atoms with E-state index in [0.717, 1.165) is 0 Å². The minimum atomic E-state index is -1.08. The molecule has 0 amide bonds. The largest absolute Gasteiger partial charge is 0.494 e. The highest BCUT2D eigenvalue weighted by atomic mass is 16.5. The van der Waals surface area contributed by atoms with E-state index in [4.69, 9.17) is 20.8 Å². The molecule has 0 heterocycles. The number of nitrogens with zero attached hydrogens (tertiary/aromatic N) is 1. The molecule has 0 spiro atoms. The maximum atomic E-state index is 10.5. The first-order valence-corrected chi connectivity index (χ1v) is 5.47. The highest BCUT2D eigenvalue weighted by Crippen LogP contribution is 2.13. The summed E-state index contributed by atoms with van der Waals surface area (Å²) in [6, 6.07) is 5.31. The average molecular weight is 266 g/mol. The third-order valence-electron chi connectivity index (χ3n) is 2.38. The van der Waals surface area contributed by atoms with Gasteiger partial charge in [0.1, 0.15) is 17.5 Å². The van der Waals surface area contributed by atoms with Crippen LogP contribution < -0.4 is 10.5 Å². The predicted molar refractivity (Wildman–Crippen MR) is 66.6 cm³/mol. The number of carboxylic acid groups (broad SMARTS) is 1. The van der Waals surface area contributed by atoms with E-state index in [-0.39, 0.29) is 18.7 Å². The number of carbonyl (C=O) groups excluding carboxylic acids is 1. The molecule has 0 aromatic heterocycles. The van der Waals surface area contributed by atoms with Gasteiger partial charge in [0.15, 0.2) is 6.29 Å². The topological polar surface area (TPSA) is 122 Å². The standard InChI is InChI=1S/C12H14N2O5/c13-10(12(16)17)5-6-19-9-3-1-8(2-4-9)11(7-15)14-18/h1-4,7,10,18H,5-6,13H2,(H,16,17). The number of oxime groups is 1. The molecule has 102 valence electrons. The van der Waals surface area contributed by atoms with Gasteiger partial charge >= 0.3 is 5.97 Å². The van der Waals surface area contributed by atoms with Crippen molar-refractivity contribution in [3.8, 4) is 5.75 Å². The number of ether oxygens (including phenoxy) is 1. The summed E-state index contributed by atoms with van der Waals surface area (Å²) in [4.78, 5) is 21.0. The molecule has 0 aliphatic rings. The average Bonchev–Trinajstić information content (AvgIpc) is 2.41. The van der Waals surface area contributed by atoms with Crippen LogP contribution in [-0.4, -0.2) is 40.9 Å². The number of rotatable bonds is 7. The van der Waals surface area contributed by atoms with Crippen LogP contribution in [0.4, 0.5) is 0 Å². The maximum absolute atomic E-state index is 10.5. The Morgan fingerprint density at radius 3 is 2.53 bits per heavy atom. The van der Waals surface area contributed by atoms with Crippen molar-refractivity contribution in [2.45, 2.75) is 12.5 Å². The third kappa shape index (κ3) is 4.40. The van der Waals surface area contributed by atoms with Gasteiger partial charge in [0.05, 0.1) is 6.61 Å². The van der Waals surface area contributed by atoms with Crippen molar-refractivity contribution in [2.24, 2.45) is 10.9 Å². The van der Waals surface area contributed by atoms with Gasteiger partial charge in [0, 0.05) is 12.0 Å². The predicted octanol–water partition coefficient (Wildman–Crippen LogP) is 0.245. The van der Waals surface area contributed by atoms with Crippen molar-refractivity contribution in [1.29, 1.82) is 0 Å². The molecule has 1 atom stereocenters. The summed E-state index contributed by atoms with van der Waals surface area (Å²) in [5.74, 6) is -0.571. The molecule has 1 unspecified atom stereocenters. The second-order valence-electron chi connectivity index (χ2n) is 3.71. The molecular formula is C12H14N2O5. The van der Waals surface area contributed by atoms with Crippen LogP contribution in [0.3, 0.4) is 0 Å². The van der Waals surface area contributed by atoms with Gasteiger partial charge in [0.25, 0.3) is 0 Å². The first-order valence-electron chi connectivity index (χ1n) is 5.47. The Morgan fingerprint density at radius 1 is 1.42 bits per heavy atom. The zero-order valence-electron chi connectivity index (χ0n) is 10.0. The normalized spacial score (nSPS) is 12.8. The maximum Gasteiger partial charge on any atom is 0.320 e. The number of hydrogen-bond donors (Lipinski definition) is 3. The van der Waals surface area contributed by atoms with Crippen molar-refractivity contribution in [2.75, 3.05) is 6.61 Å². The second kappa shape index (κ2) is 7.12. The summed E-state index contributed by atoms with van der Waals surface area (Å²) in [5, 5.41) is 20.0. The fraction of sp³-hybridized carbons (Fsp3) is 0.250. The highest BCUT2D eigenvalue weighted by molar-refractivity contribution is 6.36. The van der Waals surface area contributed by atoms with E-state index in [1.807, 2.05) is 0 Å². The van der Waals surface area contributed by atoms with Crippen LogP contribution in [0.25, 0.3) is 0 Å². The van der Waals surface area contributed by atoms with Crippen LogP contribution in [0, 0.1) is 0 Å². The summed E-state index contributed by atoms with van der Waals surface area (Å²) in [6.07, 6.45) is 0.622. The molecule has 1 aromatic rings. The molecule has 1 aromatic carbocycles.